The summed E-state index contributed by atoms with van der Waals surface area (Å²) in [6.45, 7) is 1.85. The van der Waals surface area contributed by atoms with Crippen molar-refractivity contribution in [2.75, 3.05) is 5.32 Å². The zero-order valence-corrected chi connectivity index (χ0v) is 13.2. The number of carbonyl (C=O) groups is 1. The molecule has 1 aliphatic rings. The summed E-state index contributed by atoms with van der Waals surface area (Å²) in [5.41, 5.74) is 2.11. The summed E-state index contributed by atoms with van der Waals surface area (Å²) in [4.78, 5) is 12.5. The fraction of sp³-hybridized carbons (Fsp3) is 0.389. The summed E-state index contributed by atoms with van der Waals surface area (Å²) in [6.07, 6.45) is 7.02. The Morgan fingerprint density at radius 3 is 2.57 bits per heavy atom. The van der Waals surface area contributed by atoms with Crippen molar-refractivity contribution < 1.29 is 4.79 Å². The summed E-state index contributed by atoms with van der Waals surface area (Å²) >= 11 is 0. The van der Waals surface area contributed by atoms with Crippen molar-refractivity contribution in [2.45, 2.75) is 45.1 Å². The Kier molecular flexibility index (Phi) is 5.77. The summed E-state index contributed by atoms with van der Waals surface area (Å²) in [6, 6.07) is 9.24. The molecule has 1 saturated carbocycles. The van der Waals surface area contributed by atoms with Crippen LogP contribution in [0.15, 0.2) is 30.0 Å². The van der Waals surface area contributed by atoms with Gasteiger partial charge in [-0.1, -0.05) is 25.3 Å². The third-order valence-electron chi connectivity index (χ3n) is 4.13. The number of amides is 1. The minimum atomic E-state index is -0.0668. The highest BCUT2D eigenvalue weighted by Crippen LogP contribution is 2.21. The first kappa shape index (κ1) is 16.6. The van der Waals surface area contributed by atoms with Crippen LogP contribution >= 0.6 is 0 Å². The van der Waals surface area contributed by atoms with Gasteiger partial charge in [-0.15, -0.1) is 0 Å². The van der Waals surface area contributed by atoms with E-state index < -0.39 is 0 Å². The first-order chi connectivity index (χ1) is 11.2. The Labute approximate surface area is 136 Å². The van der Waals surface area contributed by atoms with Gasteiger partial charge >= 0.3 is 0 Å². The molecule has 118 valence electrons. The molecule has 0 heterocycles. The molecule has 2 N–H and O–H groups in total. The van der Waals surface area contributed by atoms with E-state index in [0.717, 1.165) is 18.4 Å². The molecule has 23 heavy (non-hydrogen) atoms. The van der Waals surface area contributed by atoms with E-state index >= 15 is 0 Å². The highest BCUT2D eigenvalue weighted by atomic mass is 16.1. The number of allylic oxidation sites excluding steroid dienone is 1. The van der Waals surface area contributed by atoms with Crippen LogP contribution in [0, 0.1) is 29.6 Å². The minimum absolute atomic E-state index is 0.0125. The SMILES string of the molecule is Cc1c(NC=C(C#N)C#N)cccc1C(=O)NC1CCCCC1. The molecule has 0 radical (unpaired) electrons. The van der Waals surface area contributed by atoms with Crippen molar-refractivity contribution >= 4 is 11.6 Å². The summed E-state index contributed by atoms with van der Waals surface area (Å²) in [7, 11) is 0. The molecular weight excluding hydrogens is 288 g/mol. The van der Waals surface area contributed by atoms with E-state index in [0.29, 0.717) is 11.3 Å². The number of benzene rings is 1. The third-order valence-corrected chi connectivity index (χ3v) is 4.13. The Morgan fingerprint density at radius 1 is 1.22 bits per heavy atom. The number of nitrogens with zero attached hydrogens (tertiary/aromatic N) is 2. The van der Waals surface area contributed by atoms with Crippen LogP contribution in [0.25, 0.3) is 0 Å². The lowest BCUT2D eigenvalue weighted by atomic mass is 9.95. The van der Waals surface area contributed by atoms with Gasteiger partial charge in [0.05, 0.1) is 0 Å². The van der Waals surface area contributed by atoms with Crippen LogP contribution in [0.4, 0.5) is 5.69 Å². The number of carbonyl (C=O) groups excluding carboxylic acids is 1. The fourth-order valence-electron chi connectivity index (χ4n) is 2.79. The molecule has 0 spiro atoms. The maximum absolute atomic E-state index is 12.5. The summed E-state index contributed by atoms with van der Waals surface area (Å²) < 4.78 is 0. The molecule has 0 saturated heterocycles. The third kappa shape index (κ3) is 4.34. The summed E-state index contributed by atoms with van der Waals surface area (Å²) in [5, 5.41) is 23.5. The van der Waals surface area contributed by atoms with Gasteiger partial charge in [0.15, 0.2) is 0 Å². The Morgan fingerprint density at radius 2 is 1.91 bits per heavy atom. The van der Waals surface area contributed by atoms with Crippen molar-refractivity contribution in [3.8, 4) is 12.1 Å². The van der Waals surface area contributed by atoms with Crippen LogP contribution in [0.3, 0.4) is 0 Å². The number of nitriles is 2. The van der Waals surface area contributed by atoms with E-state index in [4.69, 9.17) is 10.5 Å². The van der Waals surface area contributed by atoms with E-state index in [1.165, 1.54) is 25.5 Å². The van der Waals surface area contributed by atoms with Crippen LogP contribution in [0.5, 0.6) is 0 Å². The lowest BCUT2D eigenvalue weighted by Crippen LogP contribution is -2.36. The van der Waals surface area contributed by atoms with E-state index in [2.05, 4.69) is 10.6 Å². The number of rotatable bonds is 4. The molecule has 0 bridgehead atoms. The van der Waals surface area contributed by atoms with Gasteiger partial charge in [0.25, 0.3) is 5.91 Å². The normalized spacial score (nSPS) is 14.2. The lowest BCUT2D eigenvalue weighted by Gasteiger charge is -2.23. The lowest BCUT2D eigenvalue weighted by molar-refractivity contribution is 0.0927. The molecular formula is C18H20N4O. The highest BCUT2D eigenvalue weighted by Gasteiger charge is 2.18. The predicted octanol–water partition coefficient (Wildman–Crippen LogP) is 3.40. The average molecular weight is 308 g/mol. The highest BCUT2D eigenvalue weighted by molar-refractivity contribution is 5.97. The van der Waals surface area contributed by atoms with Gasteiger partial charge in [-0.05, 0) is 37.5 Å². The number of hydrogen-bond acceptors (Lipinski definition) is 4. The van der Waals surface area contributed by atoms with Gasteiger partial charge in [-0.2, -0.15) is 10.5 Å². The van der Waals surface area contributed by atoms with Gasteiger partial charge in [0.1, 0.15) is 17.7 Å². The smallest absolute Gasteiger partial charge is 0.251 e. The maximum atomic E-state index is 12.5. The molecule has 0 aliphatic heterocycles. The van der Waals surface area contributed by atoms with Gasteiger partial charge in [-0.3, -0.25) is 4.79 Å². The first-order valence-corrected chi connectivity index (χ1v) is 7.83. The van der Waals surface area contributed by atoms with Crippen molar-refractivity contribution in [1.29, 1.82) is 10.5 Å². The first-order valence-electron chi connectivity index (χ1n) is 7.83. The molecule has 2 rings (SSSR count). The topological polar surface area (TPSA) is 88.7 Å². The maximum Gasteiger partial charge on any atom is 0.251 e. The molecule has 1 aliphatic carbocycles. The van der Waals surface area contributed by atoms with Gasteiger partial charge in [0, 0.05) is 23.5 Å². The molecule has 1 aromatic rings. The average Bonchev–Trinajstić information content (AvgIpc) is 2.58. The van der Waals surface area contributed by atoms with Crippen LogP contribution in [0.1, 0.15) is 48.0 Å². The molecule has 1 fully saturated rings. The zero-order chi connectivity index (χ0) is 16.7. The van der Waals surface area contributed by atoms with Gasteiger partial charge in [-0.25, -0.2) is 0 Å². The monoisotopic (exact) mass is 308 g/mol. The molecule has 0 atom stereocenters. The van der Waals surface area contributed by atoms with Crippen LogP contribution in [0.2, 0.25) is 0 Å². The number of hydrogen-bond donors (Lipinski definition) is 2. The fourth-order valence-corrected chi connectivity index (χ4v) is 2.79. The second-order valence-corrected chi connectivity index (χ2v) is 5.71. The largest absolute Gasteiger partial charge is 0.360 e. The van der Waals surface area contributed by atoms with Crippen molar-refractivity contribution in [3.05, 3.63) is 41.1 Å². The molecule has 0 unspecified atom stereocenters. The van der Waals surface area contributed by atoms with Crippen molar-refractivity contribution in [3.63, 3.8) is 0 Å². The Hall–Kier alpha value is -2.79. The van der Waals surface area contributed by atoms with E-state index in [1.54, 1.807) is 24.3 Å². The van der Waals surface area contributed by atoms with E-state index in [-0.39, 0.29) is 17.5 Å². The minimum Gasteiger partial charge on any atom is -0.360 e. The Bertz CT molecular complexity index is 672. The van der Waals surface area contributed by atoms with Crippen LogP contribution in [-0.2, 0) is 0 Å². The Balaban J connectivity index is 2.12. The summed E-state index contributed by atoms with van der Waals surface area (Å²) in [5.74, 6) is -0.0668. The standard InChI is InChI=1S/C18H20N4O/c1-13-16(18(23)22-15-6-3-2-4-7-15)8-5-9-17(13)21-12-14(10-19)11-20/h5,8-9,12,15,21H,2-4,6-7H2,1H3,(H,22,23). The molecule has 5 nitrogen and oxygen atoms in total. The van der Waals surface area contributed by atoms with Crippen LogP contribution in [-0.4, -0.2) is 11.9 Å². The predicted molar refractivity (Wildman–Crippen MR) is 88.4 cm³/mol. The molecule has 5 heteroatoms. The van der Waals surface area contributed by atoms with Crippen LogP contribution < -0.4 is 10.6 Å². The van der Waals surface area contributed by atoms with E-state index in [9.17, 15) is 4.79 Å². The van der Waals surface area contributed by atoms with E-state index in [1.807, 2.05) is 13.0 Å². The molecule has 1 amide bonds. The second kappa shape index (κ2) is 8.00. The molecule has 0 aromatic heterocycles. The number of anilines is 1. The van der Waals surface area contributed by atoms with Gasteiger partial charge < -0.3 is 10.6 Å². The molecule has 1 aromatic carbocycles. The van der Waals surface area contributed by atoms with Crippen molar-refractivity contribution in [2.24, 2.45) is 0 Å². The van der Waals surface area contributed by atoms with Crippen molar-refractivity contribution in [1.82, 2.24) is 5.32 Å². The second-order valence-electron chi connectivity index (χ2n) is 5.71. The quantitative estimate of drug-likeness (QED) is 0.834. The number of nitrogens with one attached hydrogen (secondary N) is 2. The zero-order valence-electron chi connectivity index (χ0n) is 13.2. The van der Waals surface area contributed by atoms with Gasteiger partial charge in [0.2, 0.25) is 0 Å².